The van der Waals surface area contributed by atoms with Gasteiger partial charge in [-0.1, -0.05) is 60.7 Å². The van der Waals surface area contributed by atoms with Crippen molar-refractivity contribution in [3.63, 3.8) is 0 Å². The Morgan fingerprint density at radius 1 is 1.00 bits per heavy atom. The number of ether oxygens (including phenoxy) is 1. The molecule has 0 spiro atoms. The quantitative estimate of drug-likeness (QED) is 0.504. The third kappa shape index (κ3) is 5.24. The molecule has 0 saturated carbocycles. The Morgan fingerprint density at radius 2 is 1.46 bits per heavy atom. The molecule has 4 heteroatoms. The summed E-state index contributed by atoms with van der Waals surface area (Å²) in [5, 5.41) is 0. The van der Waals surface area contributed by atoms with E-state index in [9.17, 15) is 4.79 Å². The Bertz CT molecular complexity index is 649. The van der Waals surface area contributed by atoms with Gasteiger partial charge in [-0.3, -0.25) is 4.99 Å². The summed E-state index contributed by atoms with van der Waals surface area (Å²) in [7, 11) is 0. The molecule has 0 N–H and O–H groups in total. The molecule has 0 amide bonds. The van der Waals surface area contributed by atoms with E-state index in [0.29, 0.717) is 0 Å². The van der Waals surface area contributed by atoms with Crippen LogP contribution in [0.3, 0.4) is 0 Å². The number of aliphatic imine (C=N–C) groups is 1. The van der Waals surface area contributed by atoms with E-state index in [-0.39, 0.29) is 11.7 Å². The molecule has 1 atom stereocenters. The Hall–Kier alpha value is -2.07. The zero-order chi connectivity index (χ0) is 17.6. The first kappa shape index (κ1) is 18.3. The van der Waals surface area contributed by atoms with Gasteiger partial charge >= 0.3 is 5.97 Å². The highest BCUT2D eigenvalue weighted by Gasteiger charge is 2.24. The molecule has 2 aromatic carbocycles. The monoisotopic (exact) mass is 341 g/mol. The molecule has 0 saturated heterocycles. The Morgan fingerprint density at radius 3 is 1.83 bits per heavy atom. The second-order valence-electron chi connectivity index (χ2n) is 6.44. The summed E-state index contributed by atoms with van der Waals surface area (Å²) in [5.41, 5.74) is 2.13. The molecule has 1 unspecified atom stereocenters. The van der Waals surface area contributed by atoms with Crippen molar-refractivity contribution in [2.75, 3.05) is 5.75 Å². The minimum atomic E-state index is -0.650. The number of thiol groups is 1. The van der Waals surface area contributed by atoms with E-state index < -0.39 is 11.6 Å². The number of carbonyl (C=O) groups is 1. The molecule has 0 fully saturated rings. The van der Waals surface area contributed by atoms with Crippen LogP contribution in [-0.4, -0.2) is 29.1 Å². The van der Waals surface area contributed by atoms with E-state index in [1.54, 1.807) is 0 Å². The maximum absolute atomic E-state index is 12.4. The lowest BCUT2D eigenvalue weighted by atomic mass is 10.0. The lowest BCUT2D eigenvalue weighted by molar-refractivity contribution is -0.155. The fraction of sp³-hybridized carbons (Fsp3) is 0.300. The molecular formula is C20H23NO2S. The summed E-state index contributed by atoms with van der Waals surface area (Å²) >= 11 is 4.30. The second kappa shape index (κ2) is 8.15. The van der Waals surface area contributed by atoms with Gasteiger partial charge in [-0.2, -0.15) is 12.6 Å². The highest BCUT2D eigenvalue weighted by Crippen LogP contribution is 2.15. The Kier molecular flexibility index (Phi) is 6.21. The summed E-state index contributed by atoms with van der Waals surface area (Å²) in [6.07, 6.45) is 0. The van der Waals surface area contributed by atoms with Crippen molar-refractivity contribution < 1.29 is 9.53 Å². The number of esters is 1. The van der Waals surface area contributed by atoms with E-state index in [1.807, 2.05) is 81.4 Å². The normalized spacial score (nSPS) is 12.3. The minimum absolute atomic E-state index is 0.290. The van der Waals surface area contributed by atoms with Crippen molar-refractivity contribution in [1.29, 1.82) is 0 Å². The molecule has 0 aliphatic heterocycles. The highest BCUT2D eigenvalue weighted by molar-refractivity contribution is 7.80. The minimum Gasteiger partial charge on any atom is -0.458 e. The van der Waals surface area contributed by atoms with Crippen molar-refractivity contribution in [3.05, 3.63) is 71.8 Å². The zero-order valence-corrected chi connectivity index (χ0v) is 15.2. The van der Waals surface area contributed by atoms with Crippen LogP contribution in [0.5, 0.6) is 0 Å². The SMILES string of the molecule is CC(C)(C)OC(=O)C(CS)N=C(c1ccccc1)c1ccccc1. The third-order valence-electron chi connectivity index (χ3n) is 3.23. The molecule has 24 heavy (non-hydrogen) atoms. The van der Waals surface area contributed by atoms with Crippen molar-refractivity contribution >= 4 is 24.3 Å². The number of rotatable bonds is 5. The molecule has 0 bridgehead atoms. The fourth-order valence-corrected chi connectivity index (χ4v) is 2.43. The van der Waals surface area contributed by atoms with Crippen LogP contribution >= 0.6 is 12.6 Å². The van der Waals surface area contributed by atoms with Gasteiger partial charge in [-0.15, -0.1) is 0 Å². The predicted octanol–water partition coefficient (Wildman–Crippen LogP) is 4.16. The smallest absolute Gasteiger partial charge is 0.332 e. The lowest BCUT2D eigenvalue weighted by Crippen LogP contribution is -2.32. The van der Waals surface area contributed by atoms with Gasteiger partial charge in [0.05, 0.1) is 5.71 Å². The number of hydrogen-bond acceptors (Lipinski definition) is 4. The number of nitrogens with zero attached hydrogens (tertiary/aromatic N) is 1. The molecule has 0 aromatic heterocycles. The Labute approximate surface area is 149 Å². The largest absolute Gasteiger partial charge is 0.458 e. The summed E-state index contributed by atoms with van der Waals surface area (Å²) in [6.45, 7) is 5.54. The first-order valence-corrected chi connectivity index (χ1v) is 8.56. The molecule has 0 heterocycles. The van der Waals surface area contributed by atoms with Crippen LogP contribution in [0.15, 0.2) is 65.7 Å². The standard InChI is InChI=1S/C20H23NO2S/c1-20(2,3)23-19(22)17(14-24)21-18(15-10-6-4-7-11-15)16-12-8-5-9-13-16/h4-13,17,24H,14H2,1-3H3. The van der Waals surface area contributed by atoms with Crippen LogP contribution in [0.25, 0.3) is 0 Å². The van der Waals surface area contributed by atoms with E-state index >= 15 is 0 Å². The average Bonchev–Trinajstić information content (AvgIpc) is 2.56. The summed E-state index contributed by atoms with van der Waals surface area (Å²) < 4.78 is 5.47. The van der Waals surface area contributed by atoms with Crippen LogP contribution in [0.4, 0.5) is 0 Å². The molecule has 0 aliphatic carbocycles. The van der Waals surface area contributed by atoms with Gasteiger partial charge in [0.15, 0.2) is 6.04 Å². The van der Waals surface area contributed by atoms with Gasteiger partial charge in [0.25, 0.3) is 0 Å². The van der Waals surface area contributed by atoms with Gasteiger partial charge in [0.2, 0.25) is 0 Å². The first-order valence-electron chi connectivity index (χ1n) is 7.93. The third-order valence-corrected chi connectivity index (χ3v) is 3.58. The number of hydrogen-bond donors (Lipinski definition) is 1. The van der Waals surface area contributed by atoms with Gasteiger partial charge in [-0.25, -0.2) is 4.79 Å². The molecule has 2 aromatic rings. The maximum Gasteiger partial charge on any atom is 0.332 e. The Balaban J connectivity index is 2.42. The van der Waals surface area contributed by atoms with E-state index in [0.717, 1.165) is 16.8 Å². The van der Waals surface area contributed by atoms with Crippen LogP contribution in [-0.2, 0) is 9.53 Å². The molecular weight excluding hydrogens is 318 g/mol. The van der Waals surface area contributed by atoms with Gasteiger partial charge in [-0.05, 0) is 20.8 Å². The topological polar surface area (TPSA) is 38.7 Å². The van der Waals surface area contributed by atoms with E-state index in [4.69, 9.17) is 4.74 Å². The van der Waals surface area contributed by atoms with Gasteiger partial charge in [0, 0.05) is 16.9 Å². The lowest BCUT2D eigenvalue weighted by Gasteiger charge is -2.22. The van der Waals surface area contributed by atoms with Crippen molar-refractivity contribution in [1.82, 2.24) is 0 Å². The molecule has 2 rings (SSSR count). The zero-order valence-electron chi connectivity index (χ0n) is 14.3. The van der Waals surface area contributed by atoms with Crippen LogP contribution < -0.4 is 0 Å². The summed E-state index contributed by atoms with van der Waals surface area (Å²) in [5.74, 6) is -0.0696. The summed E-state index contributed by atoms with van der Waals surface area (Å²) in [4.78, 5) is 17.1. The first-order chi connectivity index (χ1) is 11.4. The van der Waals surface area contributed by atoms with Crippen LogP contribution in [0.2, 0.25) is 0 Å². The van der Waals surface area contributed by atoms with Crippen molar-refractivity contribution in [3.8, 4) is 0 Å². The van der Waals surface area contributed by atoms with E-state index in [1.165, 1.54) is 0 Å². The van der Waals surface area contributed by atoms with Gasteiger partial charge in [0.1, 0.15) is 5.60 Å². The molecule has 126 valence electrons. The number of benzene rings is 2. The van der Waals surface area contributed by atoms with Crippen molar-refractivity contribution in [2.24, 2.45) is 4.99 Å². The molecule has 3 nitrogen and oxygen atoms in total. The molecule has 0 aliphatic rings. The van der Waals surface area contributed by atoms with Crippen LogP contribution in [0, 0.1) is 0 Å². The molecule has 0 radical (unpaired) electrons. The number of carbonyl (C=O) groups excluding carboxylic acids is 1. The second-order valence-corrected chi connectivity index (χ2v) is 6.81. The summed E-state index contributed by atoms with van der Waals surface area (Å²) in [6, 6.07) is 19.0. The van der Waals surface area contributed by atoms with Crippen molar-refractivity contribution in [2.45, 2.75) is 32.4 Å². The van der Waals surface area contributed by atoms with E-state index in [2.05, 4.69) is 17.6 Å². The maximum atomic E-state index is 12.4. The average molecular weight is 341 g/mol. The van der Waals surface area contributed by atoms with Crippen LogP contribution in [0.1, 0.15) is 31.9 Å². The predicted molar refractivity (Wildman–Crippen MR) is 102 cm³/mol. The van der Waals surface area contributed by atoms with Gasteiger partial charge < -0.3 is 4.74 Å². The highest BCUT2D eigenvalue weighted by atomic mass is 32.1. The fourth-order valence-electron chi connectivity index (χ4n) is 2.20.